The minimum absolute atomic E-state index is 0.219. The highest BCUT2D eigenvalue weighted by atomic mass is 16.5. The third-order valence-corrected chi connectivity index (χ3v) is 3.11. The molecular weight excluding hydrogens is 240 g/mol. The molecule has 0 aromatic carbocycles. The number of hydrogen-bond acceptors (Lipinski definition) is 5. The maximum absolute atomic E-state index is 11.7. The van der Waals surface area contributed by atoms with E-state index in [4.69, 9.17) is 9.84 Å². The summed E-state index contributed by atoms with van der Waals surface area (Å²) in [5.74, 6) is 0. The molecule has 2 N–H and O–H groups in total. The topological polar surface area (TPSA) is 98.6 Å². The fraction of sp³-hybridized carbons (Fsp3) is 0.636. The molecule has 1 aromatic heterocycles. The molecule has 0 spiro atoms. The Morgan fingerprint density at radius 1 is 1.67 bits per heavy atom. The number of aliphatic hydroxyl groups is 2. The highest BCUT2D eigenvalue weighted by Crippen LogP contribution is 2.27. The van der Waals surface area contributed by atoms with Crippen LogP contribution in [0.15, 0.2) is 17.2 Å². The van der Waals surface area contributed by atoms with E-state index in [9.17, 15) is 15.1 Å². The van der Waals surface area contributed by atoms with E-state index in [1.54, 1.807) is 6.92 Å². The molecule has 2 rings (SSSR count). The minimum Gasteiger partial charge on any atom is -0.618 e. The third-order valence-electron chi connectivity index (χ3n) is 3.11. The van der Waals surface area contributed by atoms with Gasteiger partial charge in [-0.3, -0.25) is 9.36 Å². The Morgan fingerprint density at radius 2 is 2.39 bits per heavy atom. The van der Waals surface area contributed by atoms with E-state index in [1.807, 2.05) is 0 Å². The Kier molecular flexibility index (Phi) is 3.65. The maximum Gasteiger partial charge on any atom is 0.318 e. The van der Waals surface area contributed by atoms with Gasteiger partial charge in [-0.05, 0) is 0 Å². The quantitative estimate of drug-likeness (QED) is 0.516. The number of aryl methyl sites for hydroxylation is 1. The van der Waals surface area contributed by atoms with Crippen LogP contribution in [0.3, 0.4) is 0 Å². The monoisotopic (exact) mass is 256 g/mol. The SMILES string of the molecule is CCc1cn([C@@H]2C[C@H](O)[C@@H](CO)O2)c(=O)c[n+]1[O-]. The molecule has 0 bridgehead atoms. The lowest BCUT2D eigenvalue weighted by molar-refractivity contribution is -0.615. The first-order chi connectivity index (χ1) is 8.56. The molecule has 0 saturated carbocycles. The van der Waals surface area contributed by atoms with Crippen LogP contribution < -0.4 is 10.3 Å². The first kappa shape index (κ1) is 13.0. The Labute approximate surface area is 103 Å². The van der Waals surface area contributed by atoms with Crippen molar-refractivity contribution in [2.75, 3.05) is 6.61 Å². The highest BCUT2D eigenvalue weighted by molar-refractivity contribution is 4.93. The Balaban J connectivity index is 2.32. The van der Waals surface area contributed by atoms with Crippen molar-refractivity contribution in [1.29, 1.82) is 0 Å². The van der Waals surface area contributed by atoms with Crippen molar-refractivity contribution in [1.82, 2.24) is 4.57 Å². The number of hydrogen-bond donors (Lipinski definition) is 2. The summed E-state index contributed by atoms with van der Waals surface area (Å²) in [6.45, 7) is 1.50. The van der Waals surface area contributed by atoms with Gasteiger partial charge in [-0.2, -0.15) is 4.73 Å². The molecule has 3 atom stereocenters. The molecule has 0 radical (unpaired) electrons. The molecule has 100 valence electrons. The summed E-state index contributed by atoms with van der Waals surface area (Å²) in [7, 11) is 0. The molecule has 2 heterocycles. The van der Waals surface area contributed by atoms with Gasteiger partial charge in [0.25, 0.3) is 0 Å². The van der Waals surface area contributed by atoms with E-state index in [-0.39, 0.29) is 13.0 Å². The van der Waals surface area contributed by atoms with E-state index in [2.05, 4.69) is 0 Å². The summed E-state index contributed by atoms with van der Waals surface area (Å²) in [6.07, 6.45) is 0.951. The van der Waals surface area contributed by atoms with E-state index in [1.165, 1.54) is 10.8 Å². The van der Waals surface area contributed by atoms with E-state index < -0.39 is 24.0 Å². The fourth-order valence-corrected chi connectivity index (χ4v) is 2.05. The van der Waals surface area contributed by atoms with E-state index >= 15 is 0 Å². The number of rotatable bonds is 3. The summed E-state index contributed by atoms with van der Waals surface area (Å²) >= 11 is 0. The largest absolute Gasteiger partial charge is 0.618 e. The lowest BCUT2D eigenvalue weighted by atomic mass is 10.2. The van der Waals surface area contributed by atoms with Crippen LogP contribution in [0.2, 0.25) is 0 Å². The molecular formula is C11H16N2O5. The number of nitrogens with zero attached hydrogens (tertiary/aromatic N) is 2. The van der Waals surface area contributed by atoms with Gasteiger partial charge in [0.05, 0.1) is 18.9 Å². The molecule has 0 amide bonds. The molecule has 1 aromatic rings. The smallest absolute Gasteiger partial charge is 0.318 e. The van der Waals surface area contributed by atoms with Crippen LogP contribution in [-0.4, -0.2) is 33.6 Å². The Morgan fingerprint density at radius 3 is 2.94 bits per heavy atom. The molecule has 0 aliphatic carbocycles. The van der Waals surface area contributed by atoms with Crippen molar-refractivity contribution in [2.45, 2.75) is 38.2 Å². The standard InChI is InChI=1S/C11H16N2O5/c1-2-7-4-12(10(16)5-13(7)17)11-3-8(15)9(6-14)18-11/h4-5,8-9,11,14-15H,2-3,6H2,1H3/t8-,9+,11-/m0/s1. The van der Waals surface area contributed by atoms with Gasteiger partial charge in [-0.1, -0.05) is 6.92 Å². The lowest BCUT2D eigenvalue weighted by Gasteiger charge is -2.15. The number of ether oxygens (including phenoxy) is 1. The minimum atomic E-state index is -0.809. The molecule has 1 saturated heterocycles. The van der Waals surface area contributed by atoms with Gasteiger partial charge >= 0.3 is 5.56 Å². The van der Waals surface area contributed by atoms with Crippen molar-refractivity contribution in [3.8, 4) is 0 Å². The van der Waals surface area contributed by atoms with Crippen LogP contribution in [0.5, 0.6) is 0 Å². The van der Waals surface area contributed by atoms with E-state index in [0.717, 1.165) is 6.20 Å². The van der Waals surface area contributed by atoms with Crippen molar-refractivity contribution < 1.29 is 19.7 Å². The average molecular weight is 256 g/mol. The third kappa shape index (κ3) is 2.24. The summed E-state index contributed by atoms with van der Waals surface area (Å²) in [5.41, 5.74) is -0.0434. The zero-order valence-electron chi connectivity index (χ0n) is 10.0. The van der Waals surface area contributed by atoms with Crippen LogP contribution in [0, 0.1) is 5.21 Å². The van der Waals surface area contributed by atoms with Crippen LogP contribution in [-0.2, 0) is 11.2 Å². The first-order valence-electron chi connectivity index (χ1n) is 5.85. The first-order valence-corrected chi connectivity index (χ1v) is 5.85. The predicted octanol–water partition coefficient (Wildman–Crippen LogP) is -1.32. The van der Waals surface area contributed by atoms with Crippen LogP contribution in [0.25, 0.3) is 0 Å². The second-order valence-electron chi connectivity index (χ2n) is 4.29. The highest BCUT2D eigenvalue weighted by Gasteiger charge is 2.35. The van der Waals surface area contributed by atoms with Crippen LogP contribution >= 0.6 is 0 Å². The van der Waals surface area contributed by atoms with E-state index in [0.29, 0.717) is 16.8 Å². The van der Waals surface area contributed by atoms with Gasteiger partial charge in [0.1, 0.15) is 12.3 Å². The average Bonchev–Trinajstić information content (AvgIpc) is 2.70. The second kappa shape index (κ2) is 5.05. The number of aliphatic hydroxyl groups excluding tert-OH is 2. The zero-order chi connectivity index (χ0) is 13.3. The van der Waals surface area contributed by atoms with Gasteiger partial charge in [-0.25, -0.2) is 0 Å². The summed E-state index contributed by atoms with van der Waals surface area (Å²) in [5, 5.41) is 30.0. The number of aromatic nitrogens is 2. The summed E-state index contributed by atoms with van der Waals surface area (Å²) in [6, 6.07) is 0. The molecule has 7 nitrogen and oxygen atoms in total. The fourth-order valence-electron chi connectivity index (χ4n) is 2.05. The zero-order valence-corrected chi connectivity index (χ0v) is 10.0. The van der Waals surface area contributed by atoms with Crippen molar-refractivity contribution in [3.05, 3.63) is 33.6 Å². The van der Waals surface area contributed by atoms with Crippen molar-refractivity contribution in [2.24, 2.45) is 0 Å². The maximum atomic E-state index is 11.7. The molecule has 1 aliphatic rings. The summed E-state index contributed by atoms with van der Waals surface area (Å²) < 4.78 is 7.20. The molecule has 1 fully saturated rings. The molecule has 1 aliphatic heterocycles. The molecule has 7 heteroatoms. The molecule has 18 heavy (non-hydrogen) atoms. The normalized spacial score (nSPS) is 27.6. The van der Waals surface area contributed by atoms with Gasteiger partial charge in [0.15, 0.2) is 0 Å². The van der Waals surface area contributed by atoms with Crippen molar-refractivity contribution >= 4 is 0 Å². The van der Waals surface area contributed by atoms with Gasteiger partial charge in [0.2, 0.25) is 11.9 Å². The lowest BCUT2D eigenvalue weighted by Crippen LogP contribution is -2.40. The van der Waals surface area contributed by atoms with Crippen molar-refractivity contribution in [3.63, 3.8) is 0 Å². The van der Waals surface area contributed by atoms with Crippen LogP contribution in [0.1, 0.15) is 25.3 Å². The predicted molar refractivity (Wildman–Crippen MR) is 60.7 cm³/mol. The van der Waals surface area contributed by atoms with Gasteiger partial charge in [-0.15, -0.1) is 0 Å². The molecule has 0 unspecified atom stereocenters. The van der Waals surface area contributed by atoms with Gasteiger partial charge in [0, 0.05) is 12.8 Å². The Bertz CT molecular complexity index is 487. The summed E-state index contributed by atoms with van der Waals surface area (Å²) in [4.78, 5) is 11.7. The second-order valence-corrected chi connectivity index (χ2v) is 4.29. The Hall–Kier alpha value is -1.44. The van der Waals surface area contributed by atoms with Crippen LogP contribution in [0.4, 0.5) is 0 Å². The van der Waals surface area contributed by atoms with Gasteiger partial charge < -0.3 is 20.2 Å².